The molecule has 0 bridgehead atoms. The Balaban J connectivity index is 1.91. The fourth-order valence-corrected chi connectivity index (χ4v) is 3.25. The Morgan fingerprint density at radius 3 is 2.53 bits per heavy atom. The summed E-state index contributed by atoms with van der Waals surface area (Å²) < 4.78 is 13.6. The van der Waals surface area contributed by atoms with Gasteiger partial charge in [0.1, 0.15) is 5.82 Å². The summed E-state index contributed by atoms with van der Waals surface area (Å²) in [6.45, 7) is 6.85. The normalized spacial score (nSPS) is 23.6. The Bertz CT molecular complexity index is 404. The first kappa shape index (κ1) is 14.5. The van der Waals surface area contributed by atoms with Gasteiger partial charge in [-0.2, -0.15) is 0 Å². The van der Waals surface area contributed by atoms with Gasteiger partial charge in [0, 0.05) is 12.6 Å². The van der Waals surface area contributed by atoms with Crippen LogP contribution in [0.5, 0.6) is 0 Å². The van der Waals surface area contributed by atoms with Gasteiger partial charge in [0.05, 0.1) is 0 Å². The highest BCUT2D eigenvalue weighted by Crippen LogP contribution is 2.26. The van der Waals surface area contributed by atoms with Crippen molar-refractivity contribution in [1.82, 2.24) is 5.32 Å². The molecule has 1 nitrogen and oxygen atoms in total. The van der Waals surface area contributed by atoms with Crippen molar-refractivity contribution in [2.75, 3.05) is 0 Å². The van der Waals surface area contributed by atoms with Crippen molar-refractivity contribution in [3.63, 3.8) is 0 Å². The average Bonchev–Trinajstić information content (AvgIpc) is 2.42. The lowest BCUT2D eigenvalue weighted by atomic mass is 9.84. The number of halogens is 1. The maximum absolute atomic E-state index is 13.6. The lowest BCUT2D eigenvalue weighted by Crippen LogP contribution is -2.33. The van der Waals surface area contributed by atoms with Crippen molar-refractivity contribution in [2.45, 2.75) is 65.5 Å². The van der Waals surface area contributed by atoms with E-state index < -0.39 is 0 Å². The third kappa shape index (κ3) is 3.79. The third-order valence-electron chi connectivity index (χ3n) is 4.45. The maximum atomic E-state index is 13.6. The van der Waals surface area contributed by atoms with Crippen LogP contribution in [0.3, 0.4) is 0 Å². The summed E-state index contributed by atoms with van der Waals surface area (Å²) in [5.74, 6) is 0.829. The molecule has 0 heterocycles. The highest BCUT2D eigenvalue weighted by atomic mass is 19.1. The highest BCUT2D eigenvalue weighted by Gasteiger charge is 2.20. The second kappa shape index (κ2) is 6.51. The molecule has 2 atom stereocenters. The molecule has 0 spiro atoms. The van der Waals surface area contributed by atoms with E-state index in [9.17, 15) is 4.39 Å². The van der Waals surface area contributed by atoms with Crippen LogP contribution in [0, 0.1) is 25.6 Å². The molecule has 2 heteroatoms. The fraction of sp³-hybridized carbons (Fsp3) is 0.647. The Labute approximate surface area is 116 Å². The van der Waals surface area contributed by atoms with Crippen molar-refractivity contribution >= 4 is 0 Å². The van der Waals surface area contributed by atoms with Crippen molar-refractivity contribution in [3.8, 4) is 0 Å². The average molecular weight is 263 g/mol. The molecule has 0 amide bonds. The van der Waals surface area contributed by atoms with E-state index in [-0.39, 0.29) is 5.82 Å². The first-order chi connectivity index (χ1) is 9.10. The van der Waals surface area contributed by atoms with Gasteiger partial charge in [-0.3, -0.25) is 0 Å². The lowest BCUT2D eigenvalue weighted by molar-refractivity contribution is 0.278. The summed E-state index contributed by atoms with van der Waals surface area (Å²) in [5, 5.41) is 3.65. The van der Waals surface area contributed by atoms with Gasteiger partial charge in [0.2, 0.25) is 0 Å². The molecule has 1 fully saturated rings. The molecule has 1 saturated carbocycles. The van der Waals surface area contributed by atoms with Gasteiger partial charge in [-0.25, -0.2) is 4.39 Å². The van der Waals surface area contributed by atoms with Crippen LogP contribution < -0.4 is 5.32 Å². The van der Waals surface area contributed by atoms with Gasteiger partial charge in [0.25, 0.3) is 0 Å². The molecular weight excluding hydrogens is 237 g/mol. The molecular formula is C17H26FN. The summed E-state index contributed by atoms with van der Waals surface area (Å²) in [5.41, 5.74) is 2.72. The van der Waals surface area contributed by atoms with E-state index in [1.165, 1.54) is 37.7 Å². The Morgan fingerprint density at radius 2 is 1.89 bits per heavy atom. The second-order valence-electron chi connectivity index (χ2n) is 6.06. The van der Waals surface area contributed by atoms with Crippen LogP contribution >= 0.6 is 0 Å². The Kier molecular flexibility index (Phi) is 4.98. The molecule has 1 N–H and O–H groups in total. The fourth-order valence-electron chi connectivity index (χ4n) is 3.25. The minimum atomic E-state index is -0.0625. The minimum Gasteiger partial charge on any atom is -0.310 e. The predicted octanol–water partition coefficient (Wildman–Crippen LogP) is 4.50. The van der Waals surface area contributed by atoms with Crippen molar-refractivity contribution < 1.29 is 4.39 Å². The smallest absolute Gasteiger partial charge is 0.129 e. The molecule has 0 aliphatic heterocycles. The molecule has 2 unspecified atom stereocenters. The molecule has 1 aliphatic carbocycles. The molecule has 1 aromatic carbocycles. The maximum Gasteiger partial charge on any atom is 0.129 e. The first-order valence-corrected chi connectivity index (χ1v) is 7.59. The van der Waals surface area contributed by atoms with Gasteiger partial charge in [-0.1, -0.05) is 38.3 Å². The van der Waals surface area contributed by atoms with E-state index in [2.05, 4.69) is 12.2 Å². The van der Waals surface area contributed by atoms with Crippen molar-refractivity contribution in [3.05, 3.63) is 34.6 Å². The summed E-state index contributed by atoms with van der Waals surface area (Å²) >= 11 is 0. The molecule has 0 saturated heterocycles. The van der Waals surface area contributed by atoms with Crippen LogP contribution in [0.15, 0.2) is 12.1 Å². The number of aryl methyl sites for hydroxylation is 2. The number of nitrogens with one attached hydrogen (secondary N) is 1. The topological polar surface area (TPSA) is 12.0 Å². The zero-order valence-corrected chi connectivity index (χ0v) is 12.4. The van der Waals surface area contributed by atoms with Crippen LogP contribution in [0.25, 0.3) is 0 Å². The van der Waals surface area contributed by atoms with Crippen LogP contribution in [-0.4, -0.2) is 6.04 Å². The highest BCUT2D eigenvalue weighted by molar-refractivity contribution is 5.30. The van der Waals surface area contributed by atoms with E-state index in [0.29, 0.717) is 6.04 Å². The van der Waals surface area contributed by atoms with Gasteiger partial charge in [-0.15, -0.1) is 0 Å². The van der Waals surface area contributed by atoms with Gasteiger partial charge in [0.15, 0.2) is 0 Å². The zero-order valence-electron chi connectivity index (χ0n) is 12.4. The number of hydrogen-bond donors (Lipinski definition) is 1. The zero-order chi connectivity index (χ0) is 13.8. The number of hydrogen-bond acceptors (Lipinski definition) is 1. The lowest BCUT2D eigenvalue weighted by Gasteiger charge is -2.29. The van der Waals surface area contributed by atoms with Crippen LogP contribution in [-0.2, 0) is 6.54 Å². The van der Waals surface area contributed by atoms with E-state index in [0.717, 1.165) is 23.6 Å². The van der Waals surface area contributed by atoms with Crippen molar-refractivity contribution in [1.29, 1.82) is 0 Å². The largest absolute Gasteiger partial charge is 0.310 e. The van der Waals surface area contributed by atoms with Gasteiger partial charge < -0.3 is 5.32 Å². The SMILES string of the molecule is CCC1CCCC(NCc2cc(C)c(F)c(C)c2)C1. The molecule has 1 aliphatic rings. The van der Waals surface area contributed by atoms with Crippen LogP contribution in [0.4, 0.5) is 4.39 Å². The summed E-state index contributed by atoms with van der Waals surface area (Å²) in [7, 11) is 0. The molecule has 106 valence electrons. The third-order valence-corrected chi connectivity index (χ3v) is 4.45. The van der Waals surface area contributed by atoms with Crippen LogP contribution in [0.1, 0.15) is 55.7 Å². The molecule has 0 radical (unpaired) electrons. The van der Waals surface area contributed by atoms with Gasteiger partial charge in [-0.05, 0) is 49.3 Å². The van der Waals surface area contributed by atoms with Gasteiger partial charge >= 0.3 is 0 Å². The molecule has 2 rings (SSSR count). The van der Waals surface area contributed by atoms with Crippen LogP contribution in [0.2, 0.25) is 0 Å². The molecule has 19 heavy (non-hydrogen) atoms. The van der Waals surface area contributed by atoms with E-state index >= 15 is 0 Å². The van der Waals surface area contributed by atoms with Crippen molar-refractivity contribution in [2.24, 2.45) is 5.92 Å². The molecule has 1 aromatic rings. The summed E-state index contributed by atoms with van der Waals surface area (Å²) in [6.07, 6.45) is 6.62. The second-order valence-corrected chi connectivity index (χ2v) is 6.06. The minimum absolute atomic E-state index is 0.0625. The quantitative estimate of drug-likeness (QED) is 0.843. The standard InChI is InChI=1S/C17H26FN/c1-4-14-6-5-7-16(10-14)19-11-15-8-12(2)17(18)13(3)9-15/h8-9,14,16,19H,4-7,10-11H2,1-3H3. The van der Waals surface area contributed by atoms with E-state index in [1.807, 2.05) is 26.0 Å². The molecule has 0 aromatic heterocycles. The summed E-state index contributed by atoms with van der Waals surface area (Å²) in [6, 6.07) is 4.58. The monoisotopic (exact) mass is 263 g/mol. The summed E-state index contributed by atoms with van der Waals surface area (Å²) in [4.78, 5) is 0. The number of benzene rings is 1. The van der Waals surface area contributed by atoms with E-state index in [4.69, 9.17) is 0 Å². The van der Waals surface area contributed by atoms with E-state index in [1.54, 1.807) is 0 Å². The number of rotatable bonds is 4. The Hall–Kier alpha value is -0.890. The first-order valence-electron chi connectivity index (χ1n) is 7.59. The Morgan fingerprint density at radius 1 is 1.21 bits per heavy atom. The predicted molar refractivity (Wildman–Crippen MR) is 78.8 cm³/mol.